The van der Waals surface area contributed by atoms with Crippen molar-refractivity contribution in [1.82, 2.24) is 10.3 Å². The van der Waals surface area contributed by atoms with Crippen LogP contribution in [0.4, 0.5) is 4.39 Å². The fraction of sp³-hybridized carbons (Fsp3) is 0.450. The van der Waals surface area contributed by atoms with Gasteiger partial charge >= 0.3 is 0 Å². The van der Waals surface area contributed by atoms with Crippen molar-refractivity contribution >= 4 is 24.8 Å². The first kappa shape index (κ1) is 21.1. The number of aryl methyl sites for hydroxylation is 1. The maximum Gasteiger partial charge on any atom is 0.123 e. The summed E-state index contributed by atoms with van der Waals surface area (Å²) in [5.74, 6) is -0.290. The van der Waals surface area contributed by atoms with Gasteiger partial charge in [0.25, 0.3) is 0 Å². The second kappa shape index (κ2) is 8.22. The fourth-order valence-electron chi connectivity index (χ4n) is 4.53. The summed E-state index contributed by atoms with van der Waals surface area (Å²) >= 11 is 0. The second-order valence-electron chi connectivity index (χ2n) is 7.38. The number of fused-ring (bicyclic) bond motifs is 2. The van der Waals surface area contributed by atoms with Gasteiger partial charge in [0.2, 0.25) is 0 Å². The van der Waals surface area contributed by atoms with Crippen LogP contribution in [0.2, 0.25) is 0 Å². The summed E-state index contributed by atoms with van der Waals surface area (Å²) in [6.45, 7) is 0. The number of benzene rings is 1. The number of pyridine rings is 1. The molecular weight excluding hydrogens is 374 g/mol. The summed E-state index contributed by atoms with van der Waals surface area (Å²) in [6.07, 6.45) is 9.13. The Morgan fingerprint density at radius 3 is 2.54 bits per heavy atom. The van der Waals surface area contributed by atoms with E-state index in [-0.39, 0.29) is 41.7 Å². The molecule has 1 atom stereocenters. The molecule has 2 fully saturated rings. The third-order valence-electron chi connectivity index (χ3n) is 5.92. The van der Waals surface area contributed by atoms with Crippen LogP contribution in [0.25, 0.3) is 0 Å². The van der Waals surface area contributed by atoms with Gasteiger partial charge in [0.05, 0.1) is 6.10 Å². The summed E-state index contributed by atoms with van der Waals surface area (Å²) in [5, 5.41) is 14.6. The van der Waals surface area contributed by atoms with Crippen molar-refractivity contribution in [2.75, 3.05) is 0 Å². The minimum absolute atomic E-state index is 0. The summed E-state index contributed by atoms with van der Waals surface area (Å²) in [4.78, 5) is 4.18. The van der Waals surface area contributed by atoms with Crippen LogP contribution in [-0.4, -0.2) is 21.2 Å². The largest absolute Gasteiger partial charge is 0.386 e. The summed E-state index contributed by atoms with van der Waals surface area (Å²) in [7, 11) is 0. The number of rotatable bonds is 5. The van der Waals surface area contributed by atoms with Crippen molar-refractivity contribution in [3.63, 3.8) is 0 Å². The number of nitrogens with one attached hydrogen (secondary N) is 1. The Kier molecular flexibility index (Phi) is 6.67. The predicted octanol–water partition coefficient (Wildman–Crippen LogP) is 4.39. The number of aliphatic hydroxyl groups excluding tert-OH is 1. The Bertz CT molecular complexity index is 721. The molecule has 0 saturated carbocycles. The molecule has 2 N–H and O–H groups in total. The lowest BCUT2D eigenvalue weighted by Gasteiger charge is -2.32. The third kappa shape index (κ3) is 3.89. The Hall–Kier alpha value is -1.20. The van der Waals surface area contributed by atoms with Crippen LogP contribution in [0, 0.1) is 5.82 Å². The molecule has 0 spiro atoms. The van der Waals surface area contributed by atoms with Crippen molar-refractivity contribution in [2.24, 2.45) is 0 Å². The number of aliphatic hydroxyl groups is 1. The Morgan fingerprint density at radius 1 is 1.12 bits per heavy atom. The first-order chi connectivity index (χ1) is 11.6. The molecule has 3 nitrogen and oxygen atoms in total. The molecule has 2 aliphatic rings. The predicted molar refractivity (Wildman–Crippen MR) is 105 cm³/mol. The lowest BCUT2D eigenvalue weighted by molar-refractivity contribution is 0.0733. The molecule has 6 heteroatoms. The Labute approximate surface area is 166 Å². The highest BCUT2D eigenvalue weighted by atomic mass is 35.5. The summed E-state index contributed by atoms with van der Waals surface area (Å²) in [5.41, 5.74) is 1.73. The molecule has 3 heterocycles. The van der Waals surface area contributed by atoms with Crippen LogP contribution in [0.1, 0.15) is 49.3 Å². The normalized spacial score (nSPS) is 27.5. The van der Waals surface area contributed by atoms with Gasteiger partial charge in [-0.2, -0.15) is 0 Å². The standard InChI is InChI=1S/C20H23FN2O.2ClH/c21-17-5-1-4-16(13-17)18(24)20-10-8-19(23-20,9-11-20)7-6-15-3-2-12-22-14-15;;/h1-5,12-14,18,23-24H,6-11H2;2*1H/t18-,19?,20?;;/m0../s1. The maximum atomic E-state index is 13.5. The zero-order chi connectivity index (χ0) is 16.6. The lowest BCUT2D eigenvalue weighted by Crippen LogP contribution is -2.46. The van der Waals surface area contributed by atoms with Crippen LogP contribution in [0.3, 0.4) is 0 Å². The average molecular weight is 399 g/mol. The van der Waals surface area contributed by atoms with E-state index in [1.165, 1.54) is 17.7 Å². The van der Waals surface area contributed by atoms with E-state index in [2.05, 4.69) is 16.4 Å². The van der Waals surface area contributed by atoms with Gasteiger partial charge in [-0.1, -0.05) is 18.2 Å². The van der Waals surface area contributed by atoms with E-state index >= 15 is 0 Å². The second-order valence-corrected chi connectivity index (χ2v) is 7.38. The molecule has 2 aliphatic heterocycles. The molecule has 26 heavy (non-hydrogen) atoms. The number of hydrogen-bond donors (Lipinski definition) is 2. The molecule has 0 unspecified atom stereocenters. The molecular formula is C20H25Cl2FN2O. The Balaban J connectivity index is 0.00000121. The van der Waals surface area contributed by atoms with Gasteiger partial charge < -0.3 is 10.4 Å². The highest BCUT2D eigenvalue weighted by Crippen LogP contribution is 2.52. The van der Waals surface area contributed by atoms with Crippen molar-refractivity contribution in [3.05, 3.63) is 65.7 Å². The number of nitrogens with zero attached hydrogens (tertiary/aromatic N) is 1. The van der Waals surface area contributed by atoms with Crippen molar-refractivity contribution in [2.45, 2.75) is 55.7 Å². The minimum atomic E-state index is -0.657. The van der Waals surface area contributed by atoms with Crippen LogP contribution in [-0.2, 0) is 6.42 Å². The van der Waals surface area contributed by atoms with Gasteiger partial charge in [0, 0.05) is 23.5 Å². The molecule has 1 aromatic heterocycles. The van der Waals surface area contributed by atoms with Crippen LogP contribution in [0.5, 0.6) is 0 Å². The number of aromatic nitrogens is 1. The van der Waals surface area contributed by atoms with E-state index in [1.807, 2.05) is 18.3 Å². The highest BCUT2D eigenvalue weighted by molar-refractivity contribution is 5.85. The molecule has 0 aliphatic carbocycles. The van der Waals surface area contributed by atoms with Gasteiger partial charge in [-0.25, -0.2) is 4.39 Å². The molecule has 2 bridgehead atoms. The van der Waals surface area contributed by atoms with E-state index in [0.717, 1.165) is 38.5 Å². The quantitative estimate of drug-likeness (QED) is 0.784. The van der Waals surface area contributed by atoms with Gasteiger partial charge in [-0.05, 0) is 67.9 Å². The Morgan fingerprint density at radius 2 is 1.88 bits per heavy atom. The van der Waals surface area contributed by atoms with E-state index in [9.17, 15) is 9.50 Å². The molecule has 142 valence electrons. The molecule has 0 radical (unpaired) electrons. The van der Waals surface area contributed by atoms with Crippen molar-refractivity contribution in [3.8, 4) is 0 Å². The van der Waals surface area contributed by atoms with Crippen molar-refractivity contribution < 1.29 is 9.50 Å². The van der Waals surface area contributed by atoms with Crippen LogP contribution in [0.15, 0.2) is 48.8 Å². The lowest BCUT2D eigenvalue weighted by atomic mass is 9.76. The van der Waals surface area contributed by atoms with Crippen LogP contribution >= 0.6 is 24.8 Å². The van der Waals surface area contributed by atoms with E-state index in [4.69, 9.17) is 0 Å². The highest BCUT2D eigenvalue weighted by Gasteiger charge is 2.56. The number of halogens is 3. The van der Waals surface area contributed by atoms with Gasteiger partial charge in [-0.15, -0.1) is 24.8 Å². The zero-order valence-corrected chi connectivity index (χ0v) is 16.2. The molecule has 2 aromatic rings. The van der Waals surface area contributed by atoms with E-state index < -0.39 is 6.10 Å². The average Bonchev–Trinajstić information content (AvgIpc) is 3.18. The van der Waals surface area contributed by atoms with Crippen LogP contribution < -0.4 is 5.32 Å². The topological polar surface area (TPSA) is 45.2 Å². The molecule has 2 saturated heterocycles. The third-order valence-corrected chi connectivity index (χ3v) is 5.92. The van der Waals surface area contributed by atoms with E-state index in [1.54, 1.807) is 12.3 Å². The number of hydrogen-bond acceptors (Lipinski definition) is 3. The molecule has 4 rings (SSSR count). The molecule has 0 amide bonds. The monoisotopic (exact) mass is 398 g/mol. The summed E-state index contributed by atoms with van der Waals surface area (Å²) < 4.78 is 13.5. The fourth-order valence-corrected chi connectivity index (χ4v) is 4.53. The zero-order valence-electron chi connectivity index (χ0n) is 14.5. The van der Waals surface area contributed by atoms with Gasteiger partial charge in [-0.3, -0.25) is 4.98 Å². The van der Waals surface area contributed by atoms with Gasteiger partial charge in [0.1, 0.15) is 5.82 Å². The first-order valence-corrected chi connectivity index (χ1v) is 8.73. The molecule has 1 aromatic carbocycles. The van der Waals surface area contributed by atoms with E-state index in [0.29, 0.717) is 5.56 Å². The minimum Gasteiger partial charge on any atom is -0.386 e. The SMILES string of the molecule is Cl.Cl.O[C@@H](c1cccc(F)c1)C12CCC(CCc3cccnc3)(CC1)N2. The van der Waals surface area contributed by atoms with Gasteiger partial charge in [0.15, 0.2) is 0 Å². The van der Waals surface area contributed by atoms with Crippen molar-refractivity contribution in [1.29, 1.82) is 0 Å². The summed E-state index contributed by atoms with van der Waals surface area (Å²) in [6, 6.07) is 10.4. The first-order valence-electron chi connectivity index (χ1n) is 8.73. The maximum absolute atomic E-state index is 13.5. The smallest absolute Gasteiger partial charge is 0.123 e.